The fourth-order valence-electron chi connectivity index (χ4n) is 2.64. The molecule has 0 saturated heterocycles. The predicted molar refractivity (Wildman–Crippen MR) is 120 cm³/mol. The minimum atomic E-state index is -2.56. The molecule has 0 rings (SSSR count). The molecule has 0 aliphatic heterocycles. The molecule has 0 atom stereocenters. The maximum Gasteiger partial charge on any atom is 0.367 e. The quantitative estimate of drug-likeness (QED) is 0.252. The van der Waals surface area contributed by atoms with Crippen LogP contribution in [0.5, 0.6) is 0 Å². The molecule has 0 aliphatic rings. The highest BCUT2D eigenvalue weighted by Gasteiger charge is 2.49. The molecule has 0 heterocycles. The third kappa shape index (κ3) is 11.4. The number of hydrogen-bond donors (Lipinski definition) is 0. The summed E-state index contributed by atoms with van der Waals surface area (Å²) in [5, 5.41) is 0. The van der Waals surface area contributed by atoms with Crippen LogP contribution in [0.25, 0.3) is 0 Å². The SMILES string of the molecule is CCC=C[Si](C[Si](C=CCC)(OCCC)OCCC)(OCCC)OCCC. The summed E-state index contributed by atoms with van der Waals surface area (Å²) in [5.74, 6) is 0. The molecule has 0 aromatic carbocycles. The summed E-state index contributed by atoms with van der Waals surface area (Å²) in [7, 11) is -5.13. The Morgan fingerprint density at radius 3 is 1.04 bits per heavy atom. The second-order valence-corrected chi connectivity index (χ2v) is 13.3. The van der Waals surface area contributed by atoms with Gasteiger partial charge in [0.25, 0.3) is 0 Å². The zero-order valence-corrected chi connectivity index (χ0v) is 20.7. The Morgan fingerprint density at radius 1 is 0.519 bits per heavy atom. The Hall–Kier alpha value is -0.246. The van der Waals surface area contributed by atoms with Crippen LogP contribution < -0.4 is 0 Å². The van der Waals surface area contributed by atoms with Crippen molar-refractivity contribution in [1.82, 2.24) is 0 Å². The molecule has 0 bridgehead atoms. The van der Waals surface area contributed by atoms with Gasteiger partial charge in [-0.3, -0.25) is 0 Å². The van der Waals surface area contributed by atoms with Crippen molar-refractivity contribution in [2.24, 2.45) is 0 Å². The van der Waals surface area contributed by atoms with Gasteiger partial charge < -0.3 is 17.7 Å². The van der Waals surface area contributed by atoms with Crippen molar-refractivity contribution in [2.75, 3.05) is 26.4 Å². The average Bonchev–Trinajstić information content (AvgIpc) is 2.70. The van der Waals surface area contributed by atoms with E-state index in [2.05, 4.69) is 65.1 Å². The molecule has 0 aromatic heterocycles. The Morgan fingerprint density at radius 2 is 0.815 bits per heavy atom. The van der Waals surface area contributed by atoms with Crippen LogP contribution in [0.15, 0.2) is 23.6 Å². The van der Waals surface area contributed by atoms with Crippen LogP contribution in [0.2, 0.25) is 5.67 Å². The molecule has 160 valence electrons. The van der Waals surface area contributed by atoms with Crippen LogP contribution in [0.1, 0.15) is 80.1 Å². The van der Waals surface area contributed by atoms with Gasteiger partial charge in [0.15, 0.2) is 0 Å². The van der Waals surface area contributed by atoms with E-state index in [-0.39, 0.29) is 0 Å². The standard InChI is InChI=1S/C21H44O4Si2/c1-7-13-19-26(22-15-9-3,23-16-10-4)21-27(20-14-8-2,24-17-11-5)25-18-12-6/h13-14,19-20H,7-12,15-18,21H2,1-6H3. The Kier molecular flexibility index (Phi) is 16.5. The molecule has 0 radical (unpaired) electrons. The van der Waals surface area contributed by atoms with Crippen molar-refractivity contribution in [1.29, 1.82) is 0 Å². The lowest BCUT2D eigenvalue weighted by Crippen LogP contribution is -2.54. The summed E-state index contributed by atoms with van der Waals surface area (Å²) < 4.78 is 25.8. The Balaban J connectivity index is 5.89. The molecule has 0 amide bonds. The van der Waals surface area contributed by atoms with E-state index in [1.165, 1.54) is 0 Å². The predicted octanol–water partition coefficient (Wildman–Crippen LogP) is 6.13. The molecule has 27 heavy (non-hydrogen) atoms. The number of rotatable bonds is 18. The van der Waals surface area contributed by atoms with E-state index in [0.717, 1.165) is 44.2 Å². The average molecular weight is 417 g/mol. The van der Waals surface area contributed by atoms with Crippen LogP contribution in [0.3, 0.4) is 0 Å². The van der Waals surface area contributed by atoms with Gasteiger partial charge in [0.1, 0.15) is 0 Å². The van der Waals surface area contributed by atoms with Crippen LogP contribution in [-0.2, 0) is 17.7 Å². The number of hydrogen-bond acceptors (Lipinski definition) is 4. The highest BCUT2D eigenvalue weighted by Crippen LogP contribution is 2.28. The van der Waals surface area contributed by atoms with Gasteiger partial charge in [-0.1, -0.05) is 53.7 Å². The molecule has 0 aromatic rings. The molecule has 0 N–H and O–H groups in total. The van der Waals surface area contributed by atoms with Crippen LogP contribution >= 0.6 is 0 Å². The van der Waals surface area contributed by atoms with Gasteiger partial charge in [-0.25, -0.2) is 0 Å². The van der Waals surface area contributed by atoms with Gasteiger partial charge in [-0.2, -0.15) is 0 Å². The first-order chi connectivity index (χ1) is 13.1. The van der Waals surface area contributed by atoms with E-state index >= 15 is 0 Å². The Bertz CT molecular complexity index is 348. The first-order valence-electron chi connectivity index (χ1n) is 11.0. The van der Waals surface area contributed by atoms with E-state index in [1.807, 2.05) is 0 Å². The topological polar surface area (TPSA) is 36.9 Å². The Labute approximate surface area is 170 Å². The number of allylic oxidation sites excluding steroid dienone is 2. The third-order valence-electron chi connectivity index (χ3n) is 3.91. The normalized spacial score (nSPS) is 13.3. The van der Waals surface area contributed by atoms with Crippen LogP contribution in [0.4, 0.5) is 0 Å². The second kappa shape index (κ2) is 16.7. The maximum atomic E-state index is 6.45. The van der Waals surface area contributed by atoms with Gasteiger partial charge in [-0.15, -0.1) is 0 Å². The zero-order valence-electron chi connectivity index (χ0n) is 18.7. The molecular formula is C21H44O4Si2. The van der Waals surface area contributed by atoms with Crippen molar-refractivity contribution in [2.45, 2.75) is 85.7 Å². The molecule has 0 saturated carbocycles. The summed E-state index contributed by atoms with van der Waals surface area (Å²) in [6.45, 7) is 15.7. The highest BCUT2D eigenvalue weighted by molar-refractivity contribution is 6.90. The van der Waals surface area contributed by atoms with Crippen molar-refractivity contribution >= 4 is 17.1 Å². The van der Waals surface area contributed by atoms with Gasteiger partial charge >= 0.3 is 17.1 Å². The minimum absolute atomic E-state index is 0.716. The summed E-state index contributed by atoms with van der Waals surface area (Å²) >= 11 is 0. The van der Waals surface area contributed by atoms with Crippen molar-refractivity contribution < 1.29 is 17.7 Å². The second-order valence-electron chi connectivity index (χ2n) is 6.82. The maximum absolute atomic E-state index is 6.45. The molecule has 0 fully saturated rings. The zero-order chi connectivity index (χ0) is 20.4. The highest BCUT2D eigenvalue weighted by atomic mass is 28.4. The fourth-order valence-corrected chi connectivity index (χ4v) is 11.9. The first kappa shape index (κ1) is 26.8. The fraction of sp³-hybridized carbons (Fsp3) is 0.810. The summed E-state index contributed by atoms with van der Waals surface area (Å²) in [5.41, 5.74) is 5.21. The van der Waals surface area contributed by atoms with Gasteiger partial charge in [0.2, 0.25) is 0 Å². The van der Waals surface area contributed by atoms with Crippen LogP contribution in [-0.4, -0.2) is 43.5 Å². The molecule has 0 spiro atoms. The minimum Gasteiger partial charge on any atom is -0.391 e. The van der Waals surface area contributed by atoms with Gasteiger partial charge in [0, 0.05) is 32.1 Å². The van der Waals surface area contributed by atoms with E-state index in [9.17, 15) is 0 Å². The monoisotopic (exact) mass is 416 g/mol. The lowest BCUT2D eigenvalue weighted by molar-refractivity contribution is 0.159. The van der Waals surface area contributed by atoms with E-state index < -0.39 is 17.1 Å². The smallest absolute Gasteiger partial charge is 0.367 e. The van der Waals surface area contributed by atoms with Gasteiger partial charge in [0.05, 0.1) is 0 Å². The molecule has 6 heteroatoms. The third-order valence-corrected chi connectivity index (χ3v) is 12.1. The summed E-state index contributed by atoms with van der Waals surface area (Å²) in [6, 6.07) is 0. The van der Waals surface area contributed by atoms with Crippen molar-refractivity contribution in [3.63, 3.8) is 0 Å². The lowest BCUT2D eigenvalue weighted by atomic mass is 10.5. The molecule has 0 unspecified atom stereocenters. The first-order valence-corrected chi connectivity index (χ1v) is 15.2. The summed E-state index contributed by atoms with van der Waals surface area (Å²) in [4.78, 5) is 0. The lowest BCUT2D eigenvalue weighted by Gasteiger charge is -2.36. The van der Waals surface area contributed by atoms with E-state index in [4.69, 9.17) is 17.7 Å². The molecule has 0 aliphatic carbocycles. The largest absolute Gasteiger partial charge is 0.391 e. The van der Waals surface area contributed by atoms with Crippen LogP contribution in [0, 0.1) is 0 Å². The molecular weight excluding hydrogens is 372 g/mol. The summed E-state index contributed by atoms with van der Waals surface area (Å²) in [6.07, 6.45) is 10.3. The van der Waals surface area contributed by atoms with Crippen molar-refractivity contribution in [3.05, 3.63) is 23.6 Å². The van der Waals surface area contributed by atoms with E-state index in [0.29, 0.717) is 26.4 Å². The van der Waals surface area contributed by atoms with Crippen molar-refractivity contribution in [3.8, 4) is 0 Å². The molecule has 4 nitrogen and oxygen atoms in total. The van der Waals surface area contributed by atoms with Gasteiger partial charge in [-0.05, 0) is 49.9 Å². The van der Waals surface area contributed by atoms with E-state index in [1.54, 1.807) is 0 Å².